The van der Waals surface area contributed by atoms with Gasteiger partial charge in [0, 0.05) is 16.6 Å². The summed E-state index contributed by atoms with van der Waals surface area (Å²) in [7, 11) is -3.81. The third kappa shape index (κ3) is 4.50. The molecule has 2 aromatic carbocycles. The highest BCUT2D eigenvalue weighted by Gasteiger charge is 2.19. The zero-order valence-electron chi connectivity index (χ0n) is 12.2. The first-order valence-electron chi connectivity index (χ1n) is 6.65. The Morgan fingerprint density at radius 1 is 1.17 bits per heavy atom. The first kappa shape index (κ1) is 17.8. The van der Waals surface area contributed by atoms with E-state index in [4.69, 9.17) is 0 Å². The molecule has 8 heteroatoms. The van der Waals surface area contributed by atoms with Crippen molar-refractivity contribution < 1.29 is 13.3 Å². The molecule has 6 nitrogen and oxygen atoms in total. The monoisotopic (exact) mass is 406 g/mol. The minimum atomic E-state index is -3.81. The van der Waals surface area contributed by atoms with E-state index in [1.54, 1.807) is 30.3 Å². The second-order valence-corrected chi connectivity index (χ2v) is 7.73. The lowest BCUT2D eigenvalue weighted by atomic mass is 10.2. The van der Waals surface area contributed by atoms with E-state index in [9.17, 15) is 23.8 Å². The van der Waals surface area contributed by atoms with E-state index >= 15 is 0 Å². The van der Waals surface area contributed by atoms with Gasteiger partial charge in [0.05, 0.1) is 10.7 Å². The van der Waals surface area contributed by atoms with Crippen molar-refractivity contribution in [1.29, 1.82) is 5.26 Å². The van der Waals surface area contributed by atoms with Gasteiger partial charge in [-0.2, -0.15) is 5.26 Å². The summed E-state index contributed by atoms with van der Waals surface area (Å²) >= 11 is 3.27. The molecule has 0 aromatic heterocycles. The Kier molecular flexibility index (Phi) is 5.49. The molecule has 2 rings (SSSR count). The number of nitriles is 1. The molecule has 0 aliphatic carbocycles. The second kappa shape index (κ2) is 7.38. The Bertz CT molecular complexity index is 928. The van der Waals surface area contributed by atoms with Gasteiger partial charge < -0.3 is 0 Å². The summed E-state index contributed by atoms with van der Waals surface area (Å²) in [6.07, 6.45) is 1.21. The maximum absolute atomic E-state index is 12.4. The highest BCUT2D eigenvalue weighted by Crippen LogP contribution is 2.20. The fourth-order valence-corrected chi connectivity index (χ4v) is 3.42. The first-order chi connectivity index (χ1) is 11.3. The lowest BCUT2D eigenvalue weighted by Gasteiger charge is -2.04. The maximum Gasteiger partial charge on any atom is 0.269 e. The van der Waals surface area contributed by atoms with Crippen LogP contribution >= 0.6 is 15.9 Å². The molecular formula is C16H11BrN2O4S. The van der Waals surface area contributed by atoms with Crippen LogP contribution in [0.5, 0.6) is 0 Å². The van der Waals surface area contributed by atoms with Crippen LogP contribution in [-0.4, -0.2) is 13.3 Å². The molecule has 0 saturated carbocycles. The quantitative estimate of drug-likeness (QED) is 0.426. The lowest BCUT2D eigenvalue weighted by molar-refractivity contribution is -0.384. The van der Waals surface area contributed by atoms with Gasteiger partial charge in [-0.1, -0.05) is 28.1 Å². The summed E-state index contributed by atoms with van der Waals surface area (Å²) in [5.74, 6) is -0.299. The molecule has 0 saturated heterocycles. The van der Waals surface area contributed by atoms with Crippen LogP contribution in [0.3, 0.4) is 0 Å². The number of hydrogen-bond donors (Lipinski definition) is 0. The highest BCUT2D eigenvalue weighted by atomic mass is 79.9. The molecule has 0 atom stereocenters. The first-order valence-corrected chi connectivity index (χ1v) is 9.10. The van der Waals surface area contributed by atoms with Crippen molar-refractivity contribution in [2.45, 2.75) is 5.75 Å². The number of benzene rings is 2. The van der Waals surface area contributed by atoms with E-state index in [1.165, 1.54) is 30.3 Å². The summed E-state index contributed by atoms with van der Waals surface area (Å²) in [6.45, 7) is 0. The molecule has 0 fully saturated rings. The van der Waals surface area contributed by atoms with Gasteiger partial charge in [-0.3, -0.25) is 10.1 Å². The van der Waals surface area contributed by atoms with Gasteiger partial charge in [0.15, 0.2) is 9.84 Å². The number of nitrogens with zero attached hydrogens (tertiary/aromatic N) is 2. The fraction of sp³-hybridized carbons (Fsp3) is 0.0625. The van der Waals surface area contributed by atoms with Crippen molar-refractivity contribution in [2.75, 3.05) is 0 Å². The van der Waals surface area contributed by atoms with E-state index in [-0.39, 0.29) is 16.3 Å². The molecule has 24 heavy (non-hydrogen) atoms. The number of halogens is 1. The predicted octanol–water partition coefficient (Wildman–Crippen LogP) is 3.84. The predicted molar refractivity (Wildman–Crippen MR) is 93.5 cm³/mol. The Hall–Kier alpha value is -2.50. The van der Waals surface area contributed by atoms with E-state index in [0.717, 1.165) is 4.47 Å². The van der Waals surface area contributed by atoms with Gasteiger partial charge in [0.25, 0.3) is 5.69 Å². The summed E-state index contributed by atoms with van der Waals surface area (Å²) < 4.78 is 25.6. The fourth-order valence-electron chi connectivity index (χ4n) is 1.91. The number of nitro benzene ring substituents is 1. The average Bonchev–Trinajstić information content (AvgIpc) is 2.54. The molecule has 0 aliphatic rings. The Morgan fingerprint density at radius 2 is 1.75 bits per heavy atom. The molecule has 2 aromatic rings. The van der Waals surface area contributed by atoms with Crippen LogP contribution in [0, 0.1) is 21.4 Å². The molecular weight excluding hydrogens is 396 g/mol. The number of non-ortho nitro benzene ring substituents is 1. The number of sulfone groups is 1. The molecule has 122 valence electrons. The van der Waals surface area contributed by atoms with Gasteiger partial charge in [0.1, 0.15) is 11.0 Å². The van der Waals surface area contributed by atoms with Gasteiger partial charge in [0.2, 0.25) is 0 Å². The van der Waals surface area contributed by atoms with Crippen molar-refractivity contribution >= 4 is 37.5 Å². The van der Waals surface area contributed by atoms with Crippen LogP contribution in [0.2, 0.25) is 0 Å². The molecule has 0 aliphatic heterocycles. The average molecular weight is 407 g/mol. The van der Waals surface area contributed by atoms with Crippen LogP contribution in [0.25, 0.3) is 6.08 Å². The van der Waals surface area contributed by atoms with Crippen molar-refractivity contribution in [1.82, 2.24) is 0 Å². The zero-order valence-corrected chi connectivity index (χ0v) is 14.6. The van der Waals surface area contributed by atoms with E-state index in [0.29, 0.717) is 11.1 Å². The Balaban J connectivity index is 2.30. The number of hydrogen-bond acceptors (Lipinski definition) is 5. The van der Waals surface area contributed by atoms with E-state index < -0.39 is 14.8 Å². The number of rotatable bonds is 5. The molecule has 0 N–H and O–H groups in total. The summed E-state index contributed by atoms with van der Waals surface area (Å²) in [5.41, 5.74) is 0.850. The lowest BCUT2D eigenvalue weighted by Crippen LogP contribution is -2.06. The third-order valence-corrected chi connectivity index (χ3v) is 5.24. The standard InChI is InChI=1S/C16H11BrN2O4S/c17-14-5-1-13(2-6-14)11-24(22,23)16(10-18)9-12-3-7-15(8-4-12)19(20)21/h1-9H,11H2. The number of allylic oxidation sites excluding steroid dienone is 1. The molecule has 0 amide bonds. The third-order valence-electron chi connectivity index (χ3n) is 3.12. The minimum Gasteiger partial charge on any atom is -0.258 e. The van der Waals surface area contributed by atoms with Crippen molar-refractivity contribution in [2.24, 2.45) is 0 Å². The van der Waals surface area contributed by atoms with Crippen molar-refractivity contribution in [3.63, 3.8) is 0 Å². The van der Waals surface area contributed by atoms with Gasteiger partial charge in [-0.15, -0.1) is 0 Å². The largest absolute Gasteiger partial charge is 0.269 e. The number of nitro groups is 1. The molecule has 0 bridgehead atoms. The van der Waals surface area contributed by atoms with Crippen molar-refractivity contribution in [3.05, 3.63) is 79.2 Å². The van der Waals surface area contributed by atoms with Crippen LogP contribution in [0.1, 0.15) is 11.1 Å². The SMILES string of the molecule is N#CC(=Cc1ccc([N+](=O)[O-])cc1)S(=O)(=O)Cc1ccc(Br)cc1. The Labute approximate surface area is 147 Å². The zero-order chi connectivity index (χ0) is 17.7. The highest BCUT2D eigenvalue weighted by molar-refractivity contribution is 9.10. The van der Waals surface area contributed by atoms with Gasteiger partial charge in [-0.05, 0) is 41.5 Å². The van der Waals surface area contributed by atoms with E-state index in [2.05, 4.69) is 15.9 Å². The topological polar surface area (TPSA) is 101 Å². The van der Waals surface area contributed by atoms with Gasteiger partial charge in [-0.25, -0.2) is 8.42 Å². The smallest absolute Gasteiger partial charge is 0.258 e. The van der Waals surface area contributed by atoms with Crippen LogP contribution in [0.15, 0.2) is 57.9 Å². The van der Waals surface area contributed by atoms with Crippen LogP contribution in [-0.2, 0) is 15.6 Å². The summed E-state index contributed by atoms with van der Waals surface area (Å²) in [6, 6.07) is 13.7. The molecule has 0 radical (unpaired) electrons. The van der Waals surface area contributed by atoms with Crippen molar-refractivity contribution in [3.8, 4) is 6.07 Å². The van der Waals surface area contributed by atoms with Crippen LogP contribution in [0.4, 0.5) is 5.69 Å². The maximum atomic E-state index is 12.4. The minimum absolute atomic E-state index is 0.108. The van der Waals surface area contributed by atoms with Crippen LogP contribution < -0.4 is 0 Å². The summed E-state index contributed by atoms with van der Waals surface area (Å²) in [4.78, 5) is 9.67. The molecule has 0 spiro atoms. The molecule has 0 heterocycles. The summed E-state index contributed by atoms with van der Waals surface area (Å²) in [5, 5.41) is 19.8. The van der Waals surface area contributed by atoms with E-state index in [1.807, 2.05) is 0 Å². The normalized spacial score (nSPS) is 11.8. The van der Waals surface area contributed by atoms with Gasteiger partial charge >= 0.3 is 0 Å². The second-order valence-electron chi connectivity index (χ2n) is 4.85. The molecule has 0 unspecified atom stereocenters. The Morgan fingerprint density at radius 3 is 2.25 bits per heavy atom.